The van der Waals surface area contributed by atoms with Crippen LogP contribution in [0.25, 0.3) is 0 Å². The number of aliphatic carboxylic acids is 1. The lowest BCUT2D eigenvalue weighted by Gasteiger charge is -2.18. The molecule has 2 aromatic rings. The van der Waals surface area contributed by atoms with E-state index in [9.17, 15) is 14.7 Å². The molecule has 0 bridgehead atoms. The Morgan fingerprint density at radius 2 is 1.93 bits per heavy atom. The molecule has 1 aliphatic rings. The van der Waals surface area contributed by atoms with Crippen molar-refractivity contribution in [3.05, 3.63) is 64.1 Å². The fourth-order valence-corrected chi connectivity index (χ4v) is 3.92. The zero-order chi connectivity index (χ0) is 19.4. The minimum atomic E-state index is -0.930. The summed E-state index contributed by atoms with van der Waals surface area (Å²) in [4.78, 5) is 25.6. The van der Waals surface area contributed by atoms with Crippen molar-refractivity contribution in [3.8, 4) is 5.75 Å². The smallest absolute Gasteiger partial charge is 0.410 e. The van der Waals surface area contributed by atoms with Gasteiger partial charge in [-0.15, -0.1) is 0 Å². The van der Waals surface area contributed by atoms with Gasteiger partial charge in [-0.3, -0.25) is 4.79 Å². The van der Waals surface area contributed by atoms with E-state index in [2.05, 4.69) is 15.9 Å². The number of halogens is 1. The number of carboxylic acid groups (broad SMARTS) is 1. The summed E-state index contributed by atoms with van der Waals surface area (Å²) in [5.41, 5.74) is 1.72. The third kappa shape index (κ3) is 4.42. The highest BCUT2D eigenvalue weighted by atomic mass is 79.9. The zero-order valence-electron chi connectivity index (χ0n) is 14.8. The van der Waals surface area contributed by atoms with Crippen molar-refractivity contribution in [2.24, 2.45) is 5.92 Å². The number of hydrogen-bond donors (Lipinski definition) is 1. The number of methoxy groups -OCH3 is 1. The van der Waals surface area contributed by atoms with Crippen LogP contribution in [-0.2, 0) is 16.1 Å². The molecule has 1 N–H and O–H groups in total. The molecule has 0 spiro atoms. The van der Waals surface area contributed by atoms with Crippen molar-refractivity contribution < 1.29 is 24.2 Å². The van der Waals surface area contributed by atoms with Gasteiger partial charge in [-0.05, 0) is 23.3 Å². The topological polar surface area (TPSA) is 76.1 Å². The van der Waals surface area contributed by atoms with Crippen molar-refractivity contribution >= 4 is 28.0 Å². The van der Waals surface area contributed by atoms with Gasteiger partial charge in [0.05, 0.1) is 13.0 Å². The van der Waals surface area contributed by atoms with Crippen LogP contribution in [0, 0.1) is 5.92 Å². The number of amides is 1. The number of carbonyl (C=O) groups is 2. The lowest BCUT2D eigenvalue weighted by atomic mass is 9.89. The summed E-state index contributed by atoms with van der Waals surface area (Å²) in [7, 11) is 1.57. The third-order valence-electron chi connectivity index (χ3n) is 4.71. The number of nitrogens with zero attached hydrogens (tertiary/aromatic N) is 1. The van der Waals surface area contributed by atoms with Gasteiger partial charge < -0.3 is 19.5 Å². The van der Waals surface area contributed by atoms with Crippen LogP contribution in [0.2, 0.25) is 0 Å². The SMILES string of the molecule is COc1ccc(C2CN(C(=O)OCc3ccccc3)CC2C(=O)O)c(Br)c1. The average molecular weight is 434 g/mol. The first kappa shape index (κ1) is 19.2. The van der Waals surface area contributed by atoms with Gasteiger partial charge in [0, 0.05) is 23.5 Å². The van der Waals surface area contributed by atoms with Crippen LogP contribution >= 0.6 is 15.9 Å². The minimum Gasteiger partial charge on any atom is -0.497 e. The number of hydrogen-bond acceptors (Lipinski definition) is 4. The number of likely N-dealkylation sites (tertiary alicyclic amines) is 1. The molecule has 1 saturated heterocycles. The second-order valence-electron chi connectivity index (χ2n) is 6.38. The summed E-state index contributed by atoms with van der Waals surface area (Å²) >= 11 is 3.49. The summed E-state index contributed by atoms with van der Waals surface area (Å²) < 4.78 is 11.3. The van der Waals surface area contributed by atoms with Crippen molar-refractivity contribution in [1.29, 1.82) is 0 Å². The van der Waals surface area contributed by atoms with E-state index in [-0.39, 0.29) is 25.6 Å². The first-order valence-electron chi connectivity index (χ1n) is 8.51. The van der Waals surface area contributed by atoms with Crippen LogP contribution in [0.4, 0.5) is 4.79 Å². The Hall–Kier alpha value is -2.54. The summed E-state index contributed by atoms with van der Waals surface area (Å²) in [6, 6.07) is 14.8. The predicted octanol–water partition coefficient (Wildman–Crippen LogP) is 3.89. The van der Waals surface area contributed by atoms with Crippen LogP contribution in [0.1, 0.15) is 17.0 Å². The van der Waals surface area contributed by atoms with Crippen molar-refractivity contribution in [3.63, 3.8) is 0 Å². The second-order valence-corrected chi connectivity index (χ2v) is 7.24. The molecule has 0 aliphatic carbocycles. The molecule has 3 rings (SSSR count). The molecule has 2 atom stereocenters. The molecule has 1 aliphatic heterocycles. The Bertz CT molecular complexity index is 826. The summed E-state index contributed by atoms with van der Waals surface area (Å²) in [6.45, 7) is 0.562. The number of rotatable bonds is 5. The molecular weight excluding hydrogens is 414 g/mol. The van der Waals surface area contributed by atoms with Gasteiger partial charge >= 0.3 is 12.1 Å². The van der Waals surface area contributed by atoms with E-state index in [0.29, 0.717) is 5.75 Å². The lowest BCUT2D eigenvalue weighted by molar-refractivity contribution is -0.141. The highest BCUT2D eigenvalue weighted by Gasteiger charge is 2.41. The Morgan fingerprint density at radius 3 is 2.56 bits per heavy atom. The molecule has 1 amide bonds. The summed E-state index contributed by atoms with van der Waals surface area (Å²) in [5.74, 6) is -1.28. The molecular formula is C20H20BrNO5. The standard InChI is InChI=1S/C20H20BrNO5/c1-26-14-7-8-15(18(21)9-14)16-10-22(11-17(16)19(23)24)20(25)27-12-13-5-3-2-4-6-13/h2-9,16-17H,10-12H2,1H3,(H,23,24). The van der Waals surface area contributed by atoms with E-state index in [1.54, 1.807) is 19.2 Å². The Kier molecular flexibility index (Phi) is 6.01. The van der Waals surface area contributed by atoms with Crippen molar-refractivity contribution in [2.45, 2.75) is 12.5 Å². The highest BCUT2D eigenvalue weighted by Crippen LogP contribution is 2.38. The Balaban J connectivity index is 1.72. The highest BCUT2D eigenvalue weighted by molar-refractivity contribution is 9.10. The molecule has 0 saturated carbocycles. The summed E-state index contributed by atoms with van der Waals surface area (Å²) in [5, 5.41) is 9.63. The van der Waals surface area contributed by atoms with Gasteiger partial charge in [0.25, 0.3) is 0 Å². The molecule has 0 radical (unpaired) electrons. The van der Waals surface area contributed by atoms with E-state index in [1.165, 1.54) is 4.90 Å². The van der Waals surface area contributed by atoms with E-state index in [1.807, 2.05) is 36.4 Å². The van der Waals surface area contributed by atoms with Gasteiger partial charge in [-0.1, -0.05) is 52.3 Å². The van der Waals surface area contributed by atoms with Crippen LogP contribution in [0.15, 0.2) is 53.0 Å². The molecule has 1 fully saturated rings. The summed E-state index contributed by atoms with van der Waals surface area (Å²) in [6.07, 6.45) is -0.503. The maximum atomic E-state index is 12.4. The molecule has 7 heteroatoms. The molecule has 27 heavy (non-hydrogen) atoms. The quantitative estimate of drug-likeness (QED) is 0.773. The van der Waals surface area contributed by atoms with Gasteiger partial charge in [-0.25, -0.2) is 4.79 Å². The minimum absolute atomic E-state index is 0.117. The number of carboxylic acids is 1. The van der Waals surface area contributed by atoms with Crippen LogP contribution in [0.3, 0.4) is 0 Å². The van der Waals surface area contributed by atoms with Gasteiger partial charge in [0.15, 0.2) is 0 Å². The number of carbonyl (C=O) groups excluding carboxylic acids is 1. The van der Waals surface area contributed by atoms with Crippen LogP contribution < -0.4 is 4.74 Å². The fourth-order valence-electron chi connectivity index (χ4n) is 3.26. The van der Waals surface area contributed by atoms with Crippen LogP contribution in [0.5, 0.6) is 5.75 Å². The van der Waals surface area contributed by atoms with E-state index in [4.69, 9.17) is 9.47 Å². The maximum absolute atomic E-state index is 12.4. The van der Waals surface area contributed by atoms with Crippen LogP contribution in [-0.4, -0.2) is 42.3 Å². The maximum Gasteiger partial charge on any atom is 0.410 e. The molecule has 0 aromatic heterocycles. The number of benzene rings is 2. The molecule has 2 aromatic carbocycles. The largest absolute Gasteiger partial charge is 0.497 e. The van der Waals surface area contributed by atoms with Gasteiger partial charge in [0.2, 0.25) is 0 Å². The monoisotopic (exact) mass is 433 g/mol. The van der Waals surface area contributed by atoms with Crippen molar-refractivity contribution in [1.82, 2.24) is 4.90 Å². The average Bonchev–Trinajstić information content (AvgIpc) is 3.12. The van der Waals surface area contributed by atoms with E-state index < -0.39 is 18.0 Å². The van der Waals surface area contributed by atoms with E-state index >= 15 is 0 Å². The zero-order valence-corrected chi connectivity index (χ0v) is 16.4. The number of ether oxygens (including phenoxy) is 2. The predicted molar refractivity (Wildman–Crippen MR) is 103 cm³/mol. The fraction of sp³-hybridized carbons (Fsp3) is 0.300. The lowest BCUT2D eigenvalue weighted by Crippen LogP contribution is -2.30. The van der Waals surface area contributed by atoms with E-state index in [0.717, 1.165) is 15.6 Å². The first-order valence-corrected chi connectivity index (χ1v) is 9.30. The normalized spacial score (nSPS) is 19.0. The molecule has 1 heterocycles. The van der Waals surface area contributed by atoms with Gasteiger partial charge in [-0.2, -0.15) is 0 Å². The van der Waals surface area contributed by atoms with Crippen molar-refractivity contribution in [2.75, 3.05) is 20.2 Å². The second kappa shape index (κ2) is 8.43. The molecule has 2 unspecified atom stereocenters. The Labute approximate surface area is 165 Å². The third-order valence-corrected chi connectivity index (χ3v) is 5.39. The molecule has 6 nitrogen and oxygen atoms in total. The molecule has 142 valence electrons. The Morgan fingerprint density at radius 1 is 1.19 bits per heavy atom. The van der Waals surface area contributed by atoms with Gasteiger partial charge in [0.1, 0.15) is 12.4 Å². The first-order chi connectivity index (χ1) is 13.0.